The molecule has 0 aliphatic carbocycles. The van der Waals surface area contributed by atoms with Gasteiger partial charge in [-0.15, -0.1) is 0 Å². The Balaban J connectivity index is 3.02. The predicted molar refractivity (Wildman–Crippen MR) is 72.3 cm³/mol. The van der Waals surface area contributed by atoms with Crippen molar-refractivity contribution in [3.63, 3.8) is 0 Å². The summed E-state index contributed by atoms with van der Waals surface area (Å²) in [4.78, 5) is 12.0. The number of nitrogens with one attached hydrogen (secondary N) is 1. The number of nitrogens with two attached hydrogens (primary N) is 1. The number of hydrogen-bond donors (Lipinski definition) is 3. The number of hydrogen-bond acceptors (Lipinski definition) is 3. The standard InChI is InChI=1S/C11H13Cl2N3O2/c1-11(2,9(14)16-18)10(17)15-8-6(12)4-3-5-7(8)13/h3-5,18H,1-2H3,(H2,14,16)(H,15,17). The molecule has 0 saturated carbocycles. The number of amidine groups is 1. The molecule has 0 bridgehead atoms. The van der Waals surface area contributed by atoms with E-state index in [4.69, 9.17) is 34.1 Å². The van der Waals surface area contributed by atoms with Gasteiger partial charge in [0.15, 0.2) is 5.84 Å². The Morgan fingerprint density at radius 2 is 1.89 bits per heavy atom. The van der Waals surface area contributed by atoms with Gasteiger partial charge in [-0.2, -0.15) is 0 Å². The van der Waals surface area contributed by atoms with Gasteiger partial charge >= 0.3 is 0 Å². The summed E-state index contributed by atoms with van der Waals surface area (Å²) in [7, 11) is 0. The highest BCUT2D eigenvalue weighted by Gasteiger charge is 2.33. The van der Waals surface area contributed by atoms with Gasteiger partial charge in [0.05, 0.1) is 15.7 Å². The number of benzene rings is 1. The molecule has 0 aliphatic rings. The predicted octanol–water partition coefficient (Wildman–Crippen LogP) is 2.70. The largest absolute Gasteiger partial charge is 0.409 e. The van der Waals surface area contributed by atoms with Gasteiger partial charge < -0.3 is 16.3 Å². The van der Waals surface area contributed by atoms with Crippen molar-refractivity contribution in [2.75, 3.05) is 5.32 Å². The minimum atomic E-state index is -1.18. The van der Waals surface area contributed by atoms with Gasteiger partial charge in [-0.1, -0.05) is 34.4 Å². The van der Waals surface area contributed by atoms with Crippen LogP contribution in [0.1, 0.15) is 13.8 Å². The number of para-hydroxylation sites is 1. The second-order valence-corrected chi connectivity index (χ2v) is 4.98. The van der Waals surface area contributed by atoms with Crippen molar-refractivity contribution in [3.8, 4) is 0 Å². The van der Waals surface area contributed by atoms with Crippen LogP contribution in [0.15, 0.2) is 23.4 Å². The third kappa shape index (κ3) is 2.86. The smallest absolute Gasteiger partial charge is 0.237 e. The summed E-state index contributed by atoms with van der Waals surface area (Å²) in [5, 5.41) is 14.6. The number of oxime groups is 1. The van der Waals surface area contributed by atoms with E-state index in [1.807, 2.05) is 0 Å². The second kappa shape index (κ2) is 5.46. The van der Waals surface area contributed by atoms with E-state index in [9.17, 15) is 4.79 Å². The highest BCUT2D eigenvalue weighted by molar-refractivity contribution is 6.40. The molecule has 1 aromatic carbocycles. The van der Waals surface area contributed by atoms with E-state index in [1.165, 1.54) is 13.8 Å². The second-order valence-electron chi connectivity index (χ2n) is 4.16. The van der Waals surface area contributed by atoms with Crippen LogP contribution in [0.25, 0.3) is 0 Å². The lowest BCUT2D eigenvalue weighted by molar-refractivity contribution is -0.121. The molecule has 18 heavy (non-hydrogen) atoms. The molecule has 4 N–H and O–H groups in total. The van der Waals surface area contributed by atoms with Crippen LogP contribution in [0, 0.1) is 5.41 Å². The Labute approximate surface area is 115 Å². The number of amides is 1. The van der Waals surface area contributed by atoms with Gasteiger partial charge in [0.2, 0.25) is 5.91 Å². The number of nitrogens with zero attached hydrogens (tertiary/aromatic N) is 1. The average molecular weight is 290 g/mol. The molecule has 7 heteroatoms. The summed E-state index contributed by atoms with van der Waals surface area (Å²) in [5.41, 5.74) is 4.57. The van der Waals surface area contributed by atoms with Crippen LogP contribution in [0.2, 0.25) is 10.0 Å². The minimum Gasteiger partial charge on any atom is -0.409 e. The minimum absolute atomic E-state index is 0.205. The molecular weight excluding hydrogens is 277 g/mol. The lowest BCUT2D eigenvalue weighted by atomic mass is 9.91. The fraction of sp³-hybridized carbons (Fsp3) is 0.273. The van der Waals surface area contributed by atoms with Crippen LogP contribution in [0.4, 0.5) is 5.69 Å². The first-order valence-electron chi connectivity index (χ1n) is 5.04. The maximum absolute atomic E-state index is 12.0. The lowest BCUT2D eigenvalue weighted by Gasteiger charge is -2.22. The summed E-state index contributed by atoms with van der Waals surface area (Å²) < 4.78 is 0. The van der Waals surface area contributed by atoms with Crippen LogP contribution in [0.5, 0.6) is 0 Å². The molecule has 0 aliphatic heterocycles. The van der Waals surface area contributed by atoms with Gasteiger partial charge in [-0.3, -0.25) is 4.79 Å². The summed E-state index contributed by atoms with van der Waals surface area (Å²) >= 11 is 11.9. The van der Waals surface area contributed by atoms with E-state index in [0.717, 1.165) is 0 Å². The normalized spacial score (nSPS) is 12.3. The lowest BCUT2D eigenvalue weighted by Crippen LogP contribution is -2.42. The highest BCUT2D eigenvalue weighted by Crippen LogP contribution is 2.31. The van der Waals surface area contributed by atoms with E-state index >= 15 is 0 Å². The monoisotopic (exact) mass is 289 g/mol. The van der Waals surface area contributed by atoms with Crippen LogP contribution >= 0.6 is 23.2 Å². The van der Waals surface area contributed by atoms with E-state index in [2.05, 4.69) is 10.5 Å². The number of halogens is 2. The molecule has 1 rings (SSSR count). The molecule has 5 nitrogen and oxygen atoms in total. The summed E-state index contributed by atoms with van der Waals surface area (Å²) in [6.07, 6.45) is 0. The Hall–Kier alpha value is -1.46. The van der Waals surface area contributed by atoms with Gasteiger partial charge in [0.1, 0.15) is 5.41 Å². The van der Waals surface area contributed by atoms with Crippen molar-refractivity contribution in [2.24, 2.45) is 16.3 Å². The van der Waals surface area contributed by atoms with Crippen LogP contribution in [0.3, 0.4) is 0 Å². The molecule has 98 valence electrons. The first-order valence-corrected chi connectivity index (χ1v) is 5.79. The molecule has 1 aromatic rings. The van der Waals surface area contributed by atoms with Crippen molar-refractivity contribution in [3.05, 3.63) is 28.2 Å². The number of carbonyl (C=O) groups excluding carboxylic acids is 1. The zero-order valence-electron chi connectivity index (χ0n) is 9.87. The molecule has 0 spiro atoms. The first kappa shape index (κ1) is 14.6. The third-order valence-electron chi connectivity index (χ3n) is 2.52. The fourth-order valence-electron chi connectivity index (χ4n) is 1.13. The summed E-state index contributed by atoms with van der Waals surface area (Å²) in [6, 6.07) is 4.86. The Kier molecular flexibility index (Phi) is 4.43. The molecule has 0 unspecified atom stereocenters. The van der Waals surface area contributed by atoms with E-state index in [-0.39, 0.29) is 5.84 Å². The van der Waals surface area contributed by atoms with Crippen molar-refractivity contribution >= 4 is 40.6 Å². The number of anilines is 1. The molecular formula is C11H13Cl2N3O2. The SMILES string of the molecule is CC(C)(C(=O)Nc1c(Cl)cccc1Cl)C(N)=NO. The molecule has 0 atom stereocenters. The maximum atomic E-state index is 12.0. The molecule has 0 heterocycles. The maximum Gasteiger partial charge on any atom is 0.237 e. The number of rotatable bonds is 3. The van der Waals surface area contributed by atoms with Crippen molar-refractivity contribution in [2.45, 2.75) is 13.8 Å². The van der Waals surface area contributed by atoms with Crippen LogP contribution < -0.4 is 11.1 Å². The van der Waals surface area contributed by atoms with Crippen molar-refractivity contribution < 1.29 is 10.0 Å². The molecule has 0 fully saturated rings. The zero-order valence-corrected chi connectivity index (χ0v) is 11.4. The summed E-state index contributed by atoms with van der Waals surface area (Å²) in [5.74, 6) is -0.684. The van der Waals surface area contributed by atoms with Gasteiger partial charge in [0, 0.05) is 0 Å². The van der Waals surface area contributed by atoms with Crippen molar-refractivity contribution in [1.82, 2.24) is 0 Å². The molecule has 0 aromatic heterocycles. The Bertz CT molecular complexity index is 481. The molecule has 0 radical (unpaired) electrons. The Morgan fingerprint density at radius 1 is 1.39 bits per heavy atom. The highest BCUT2D eigenvalue weighted by atomic mass is 35.5. The summed E-state index contributed by atoms with van der Waals surface area (Å²) in [6.45, 7) is 3.03. The zero-order chi connectivity index (χ0) is 13.9. The van der Waals surface area contributed by atoms with E-state index in [1.54, 1.807) is 18.2 Å². The van der Waals surface area contributed by atoms with Crippen molar-refractivity contribution in [1.29, 1.82) is 0 Å². The van der Waals surface area contributed by atoms with E-state index in [0.29, 0.717) is 15.7 Å². The third-order valence-corrected chi connectivity index (χ3v) is 3.15. The van der Waals surface area contributed by atoms with Gasteiger partial charge in [-0.05, 0) is 26.0 Å². The van der Waals surface area contributed by atoms with Gasteiger partial charge in [0.25, 0.3) is 0 Å². The Morgan fingerprint density at radius 3 is 2.33 bits per heavy atom. The topological polar surface area (TPSA) is 87.7 Å². The quantitative estimate of drug-likeness (QED) is 0.346. The van der Waals surface area contributed by atoms with Crippen LogP contribution in [-0.4, -0.2) is 17.0 Å². The molecule has 0 saturated heterocycles. The first-order chi connectivity index (χ1) is 8.30. The number of carbonyl (C=O) groups is 1. The van der Waals surface area contributed by atoms with Gasteiger partial charge in [-0.25, -0.2) is 0 Å². The molecule has 1 amide bonds. The van der Waals surface area contributed by atoms with E-state index < -0.39 is 11.3 Å². The van der Waals surface area contributed by atoms with Crippen LogP contribution in [-0.2, 0) is 4.79 Å². The fourth-order valence-corrected chi connectivity index (χ4v) is 1.62. The average Bonchev–Trinajstić information content (AvgIpc) is 2.32.